The smallest absolute Gasteiger partial charge is 0.417 e. The molecule has 3 nitrogen and oxygen atoms in total. The molecule has 0 aliphatic rings. The van der Waals surface area contributed by atoms with Gasteiger partial charge >= 0.3 is 6.18 Å². The van der Waals surface area contributed by atoms with E-state index >= 15 is 0 Å². The normalized spacial score (nSPS) is 12.0. The molecule has 0 aromatic heterocycles. The van der Waals surface area contributed by atoms with Crippen molar-refractivity contribution < 1.29 is 23.0 Å². The lowest BCUT2D eigenvalue weighted by Crippen LogP contribution is -2.16. The van der Waals surface area contributed by atoms with Crippen LogP contribution in [-0.4, -0.2) is 31.5 Å². The maximum atomic E-state index is 14.3. The average Bonchev–Trinajstić information content (AvgIpc) is 2.73. The summed E-state index contributed by atoms with van der Waals surface area (Å²) in [7, 11) is 1.81. The summed E-state index contributed by atoms with van der Waals surface area (Å²) in [5.41, 5.74) is 0.126. The Kier molecular flexibility index (Phi) is 8.54. The first-order valence-electron chi connectivity index (χ1n) is 9.44. The van der Waals surface area contributed by atoms with Crippen LogP contribution in [0.3, 0.4) is 0 Å². The van der Waals surface area contributed by atoms with Crippen LogP contribution in [-0.2, 0) is 0 Å². The number of ether oxygens (including phenoxy) is 1. The third kappa shape index (κ3) is 6.26. The molecule has 0 radical (unpaired) electrons. The maximum absolute atomic E-state index is 14.3. The molecular weight excluding hydrogens is 427 g/mol. The number of allylic oxidation sites excluding steroid dienone is 1. The van der Waals surface area contributed by atoms with Crippen LogP contribution in [0.25, 0.3) is 11.1 Å². The fraction of sp³-hybridized carbons (Fsp3) is 0.167. The molecule has 0 spiro atoms. The van der Waals surface area contributed by atoms with Gasteiger partial charge in [0.15, 0.2) is 0 Å². The zero-order valence-electron chi connectivity index (χ0n) is 16.8. The second-order valence-corrected chi connectivity index (χ2v) is 6.64. The van der Waals surface area contributed by atoms with Crippen LogP contribution in [0.4, 0.5) is 13.2 Å². The van der Waals surface area contributed by atoms with Crippen LogP contribution >= 0.6 is 12.4 Å². The number of halogens is 4. The van der Waals surface area contributed by atoms with Crippen LogP contribution in [0.1, 0.15) is 16.7 Å². The van der Waals surface area contributed by atoms with Crippen molar-refractivity contribution in [2.45, 2.75) is 6.18 Å². The molecule has 0 saturated carbocycles. The first-order chi connectivity index (χ1) is 14.4. The molecule has 0 unspecified atom stereocenters. The highest BCUT2D eigenvalue weighted by Crippen LogP contribution is 2.43. The van der Waals surface area contributed by atoms with E-state index in [0.29, 0.717) is 30.0 Å². The van der Waals surface area contributed by atoms with E-state index in [2.05, 4.69) is 5.32 Å². The van der Waals surface area contributed by atoms with Crippen molar-refractivity contribution >= 4 is 23.6 Å². The largest absolute Gasteiger partial charge is 0.508 e. The minimum absolute atomic E-state index is 0. The predicted molar refractivity (Wildman–Crippen MR) is 120 cm³/mol. The van der Waals surface area contributed by atoms with Gasteiger partial charge < -0.3 is 15.2 Å². The van der Waals surface area contributed by atoms with Gasteiger partial charge in [-0.15, -0.1) is 12.4 Å². The van der Waals surface area contributed by atoms with E-state index in [-0.39, 0.29) is 29.3 Å². The molecule has 0 saturated heterocycles. The van der Waals surface area contributed by atoms with Gasteiger partial charge in [0.1, 0.15) is 18.1 Å². The summed E-state index contributed by atoms with van der Waals surface area (Å²) in [5.74, 6) is 0.562. The molecule has 3 aromatic rings. The molecule has 0 bridgehead atoms. The molecular formula is C24H23ClF3NO2. The van der Waals surface area contributed by atoms with Crippen molar-refractivity contribution in [3.63, 3.8) is 0 Å². The van der Waals surface area contributed by atoms with Crippen LogP contribution < -0.4 is 10.1 Å². The lowest BCUT2D eigenvalue weighted by Gasteiger charge is -2.20. The first-order valence-corrected chi connectivity index (χ1v) is 9.44. The molecule has 0 atom stereocenters. The summed E-state index contributed by atoms with van der Waals surface area (Å²) in [4.78, 5) is 0. The fourth-order valence-electron chi connectivity index (χ4n) is 3.13. The highest BCUT2D eigenvalue weighted by Gasteiger charge is 2.38. The summed E-state index contributed by atoms with van der Waals surface area (Å²) < 4.78 is 48.3. The summed E-state index contributed by atoms with van der Waals surface area (Å²) in [5, 5.41) is 12.6. The topological polar surface area (TPSA) is 41.5 Å². The van der Waals surface area contributed by atoms with Crippen molar-refractivity contribution in [2.75, 3.05) is 20.2 Å². The van der Waals surface area contributed by atoms with Crippen LogP contribution in [0.15, 0.2) is 78.9 Å². The number of phenols is 1. The first kappa shape index (κ1) is 24.3. The number of rotatable bonds is 7. The standard InChI is InChI=1S/C24H22F3NO2.ClH/c1-28-15-16-30-21-13-9-18(10-14-21)22(17-7-11-20(29)12-8-17)23(24(25,26)27)19-5-3-2-4-6-19;/h2-14,28-29H,15-16H2,1H3;1H/b23-22+;. The Morgan fingerprint density at radius 1 is 0.839 bits per heavy atom. The molecule has 3 aromatic carbocycles. The van der Waals surface area contributed by atoms with Gasteiger partial charge in [-0.25, -0.2) is 0 Å². The van der Waals surface area contributed by atoms with Gasteiger partial charge in [-0.05, 0) is 48.0 Å². The monoisotopic (exact) mass is 449 g/mol. The number of phenolic OH excluding ortho intramolecular Hbond substituents is 1. The zero-order valence-corrected chi connectivity index (χ0v) is 17.6. The van der Waals surface area contributed by atoms with Crippen molar-refractivity contribution in [1.82, 2.24) is 5.32 Å². The van der Waals surface area contributed by atoms with E-state index in [4.69, 9.17) is 4.74 Å². The minimum Gasteiger partial charge on any atom is -0.508 e. The molecule has 3 rings (SSSR count). The van der Waals surface area contributed by atoms with E-state index in [1.807, 2.05) is 7.05 Å². The van der Waals surface area contributed by atoms with Gasteiger partial charge in [-0.1, -0.05) is 54.6 Å². The van der Waals surface area contributed by atoms with E-state index in [1.165, 1.54) is 36.4 Å². The lowest BCUT2D eigenvalue weighted by atomic mass is 9.89. The zero-order chi connectivity index (χ0) is 21.6. The van der Waals surface area contributed by atoms with Crippen LogP contribution in [0.5, 0.6) is 11.5 Å². The number of nitrogens with one attached hydrogen (secondary N) is 1. The number of aromatic hydroxyl groups is 1. The number of hydrogen-bond donors (Lipinski definition) is 2. The number of benzene rings is 3. The molecule has 164 valence electrons. The van der Waals surface area contributed by atoms with Gasteiger partial charge in [-0.2, -0.15) is 13.2 Å². The third-order valence-corrected chi connectivity index (χ3v) is 4.52. The number of alkyl halides is 3. The summed E-state index contributed by atoms with van der Waals surface area (Å²) >= 11 is 0. The van der Waals surface area contributed by atoms with Crippen molar-refractivity contribution in [1.29, 1.82) is 0 Å². The molecule has 0 aliphatic heterocycles. The highest BCUT2D eigenvalue weighted by molar-refractivity contribution is 6.00. The predicted octanol–water partition coefficient (Wildman–Crippen LogP) is 5.93. The van der Waals surface area contributed by atoms with Crippen molar-refractivity contribution in [2.24, 2.45) is 0 Å². The fourth-order valence-corrected chi connectivity index (χ4v) is 3.13. The van der Waals surface area contributed by atoms with E-state index < -0.39 is 11.7 Å². The summed E-state index contributed by atoms with van der Waals surface area (Å²) in [6, 6.07) is 20.0. The molecule has 31 heavy (non-hydrogen) atoms. The second kappa shape index (κ2) is 10.9. The van der Waals surface area contributed by atoms with E-state index in [1.54, 1.807) is 42.5 Å². The third-order valence-electron chi connectivity index (χ3n) is 4.52. The minimum atomic E-state index is -4.59. The Hall–Kier alpha value is -2.96. The molecule has 2 N–H and O–H groups in total. The van der Waals surface area contributed by atoms with Crippen molar-refractivity contribution in [3.8, 4) is 11.5 Å². The number of likely N-dealkylation sites (N-methyl/N-ethyl adjacent to an activating group) is 1. The highest BCUT2D eigenvalue weighted by atomic mass is 35.5. The average molecular weight is 450 g/mol. The quantitative estimate of drug-likeness (QED) is 0.347. The van der Waals surface area contributed by atoms with E-state index in [9.17, 15) is 18.3 Å². The Morgan fingerprint density at radius 2 is 1.39 bits per heavy atom. The SMILES string of the molecule is CNCCOc1ccc(/C(=C(\c2ccccc2)C(F)(F)F)c2ccc(O)cc2)cc1.Cl. The van der Waals surface area contributed by atoms with Crippen molar-refractivity contribution in [3.05, 3.63) is 95.6 Å². The molecule has 7 heteroatoms. The Balaban J connectivity index is 0.00000341. The van der Waals surface area contributed by atoms with Gasteiger partial charge in [-0.3, -0.25) is 0 Å². The molecule has 0 fully saturated rings. The van der Waals surface area contributed by atoms with Crippen LogP contribution in [0.2, 0.25) is 0 Å². The Morgan fingerprint density at radius 3 is 1.90 bits per heavy atom. The van der Waals surface area contributed by atoms with Crippen LogP contribution in [0, 0.1) is 0 Å². The van der Waals surface area contributed by atoms with E-state index in [0.717, 1.165) is 0 Å². The van der Waals surface area contributed by atoms with Gasteiger partial charge in [0.05, 0.1) is 5.57 Å². The molecule has 0 heterocycles. The Bertz CT molecular complexity index is 986. The summed E-state index contributed by atoms with van der Waals surface area (Å²) in [6.07, 6.45) is -4.59. The van der Waals surface area contributed by atoms with Gasteiger partial charge in [0.25, 0.3) is 0 Å². The maximum Gasteiger partial charge on any atom is 0.417 e. The number of hydrogen-bond acceptors (Lipinski definition) is 3. The lowest BCUT2D eigenvalue weighted by molar-refractivity contribution is -0.0685. The summed E-state index contributed by atoms with van der Waals surface area (Å²) in [6.45, 7) is 1.11. The second-order valence-electron chi connectivity index (χ2n) is 6.64. The molecule has 0 amide bonds. The van der Waals surface area contributed by atoms with Gasteiger partial charge in [0, 0.05) is 12.1 Å². The van der Waals surface area contributed by atoms with Gasteiger partial charge in [0.2, 0.25) is 0 Å². The molecule has 0 aliphatic carbocycles. The Labute approximate surface area is 185 Å².